The Morgan fingerprint density at radius 1 is 1.33 bits per heavy atom. The van der Waals surface area contributed by atoms with Crippen molar-refractivity contribution in [3.05, 3.63) is 34.4 Å². The van der Waals surface area contributed by atoms with Crippen LogP contribution < -0.4 is 0 Å². The Morgan fingerprint density at radius 2 is 2.14 bits per heavy atom. The van der Waals surface area contributed by atoms with E-state index in [4.69, 9.17) is 5.11 Å². The van der Waals surface area contributed by atoms with Crippen LogP contribution in [0.15, 0.2) is 28.7 Å². The number of amides is 1. The van der Waals surface area contributed by atoms with Crippen molar-refractivity contribution in [3.63, 3.8) is 0 Å². The summed E-state index contributed by atoms with van der Waals surface area (Å²) in [6, 6.07) is 7.58. The average Bonchev–Trinajstić information content (AvgIpc) is 2.89. The number of likely N-dealkylation sites (tertiary alicyclic amines) is 1. The summed E-state index contributed by atoms with van der Waals surface area (Å²) >= 11 is 3.40. The van der Waals surface area contributed by atoms with Crippen molar-refractivity contribution >= 4 is 38.7 Å². The maximum Gasteiger partial charge on any atom is 0.308 e. The molecule has 5 nitrogen and oxygen atoms in total. The van der Waals surface area contributed by atoms with Crippen LogP contribution in [0.3, 0.4) is 0 Å². The first-order valence-corrected chi connectivity index (χ1v) is 7.64. The topological polar surface area (TPSA) is 73.4 Å². The lowest BCUT2D eigenvalue weighted by molar-refractivity contribution is -0.143. The molecule has 6 heteroatoms. The molecule has 1 saturated heterocycles. The summed E-state index contributed by atoms with van der Waals surface area (Å²) in [7, 11) is 0. The Hall–Kier alpha value is -1.82. The number of piperidine rings is 1. The molecule has 1 aliphatic rings. The third-order valence-corrected chi connectivity index (χ3v) is 4.36. The van der Waals surface area contributed by atoms with Gasteiger partial charge in [0.25, 0.3) is 5.91 Å². The quantitative estimate of drug-likeness (QED) is 0.874. The lowest BCUT2D eigenvalue weighted by atomic mass is 9.98. The van der Waals surface area contributed by atoms with E-state index in [1.807, 2.05) is 24.3 Å². The van der Waals surface area contributed by atoms with E-state index in [0.29, 0.717) is 18.7 Å². The predicted molar refractivity (Wildman–Crippen MR) is 82.3 cm³/mol. The summed E-state index contributed by atoms with van der Waals surface area (Å²) in [5, 5.41) is 10.1. The maximum atomic E-state index is 12.5. The van der Waals surface area contributed by atoms with E-state index in [1.165, 1.54) is 0 Å². The summed E-state index contributed by atoms with van der Waals surface area (Å²) in [6.45, 7) is 0.898. The number of nitrogens with zero attached hydrogens (tertiary/aromatic N) is 1. The zero-order valence-electron chi connectivity index (χ0n) is 11.3. The minimum atomic E-state index is -0.826. The number of carboxylic acids is 1. The second-order valence-electron chi connectivity index (χ2n) is 5.34. The molecule has 0 radical (unpaired) electrons. The number of aliphatic carboxylic acids is 1. The van der Waals surface area contributed by atoms with Gasteiger partial charge in [-0.2, -0.15) is 0 Å². The number of carboxylic acid groups (broad SMARTS) is 1. The van der Waals surface area contributed by atoms with Gasteiger partial charge in [-0.25, -0.2) is 0 Å². The van der Waals surface area contributed by atoms with Crippen molar-refractivity contribution in [3.8, 4) is 0 Å². The van der Waals surface area contributed by atoms with Crippen LogP contribution in [-0.4, -0.2) is 40.0 Å². The van der Waals surface area contributed by atoms with Gasteiger partial charge in [0, 0.05) is 28.5 Å². The molecule has 0 aliphatic carbocycles. The largest absolute Gasteiger partial charge is 0.481 e. The second kappa shape index (κ2) is 5.52. The number of fused-ring (bicyclic) bond motifs is 1. The summed E-state index contributed by atoms with van der Waals surface area (Å²) < 4.78 is 0.955. The van der Waals surface area contributed by atoms with Crippen molar-refractivity contribution in [2.24, 2.45) is 5.92 Å². The van der Waals surface area contributed by atoms with Crippen LogP contribution in [0.1, 0.15) is 23.3 Å². The molecule has 3 rings (SSSR count). The van der Waals surface area contributed by atoms with Crippen molar-refractivity contribution in [1.82, 2.24) is 9.88 Å². The molecule has 2 aromatic rings. The molecule has 1 aromatic carbocycles. The second-order valence-corrected chi connectivity index (χ2v) is 6.26. The molecular formula is C15H15BrN2O3. The van der Waals surface area contributed by atoms with Crippen LogP contribution in [0.25, 0.3) is 10.9 Å². The highest BCUT2D eigenvalue weighted by atomic mass is 79.9. The molecule has 0 bridgehead atoms. The SMILES string of the molecule is O=C(O)[C@@H]1CCCN(C(=O)c2cc3cc(Br)ccc3[nH]2)C1. The number of carbonyl (C=O) groups excluding carboxylic acids is 1. The Balaban J connectivity index is 1.84. The van der Waals surface area contributed by atoms with Crippen LogP contribution in [0.5, 0.6) is 0 Å². The van der Waals surface area contributed by atoms with Gasteiger partial charge in [0.2, 0.25) is 0 Å². The number of rotatable bonds is 2. The molecule has 0 saturated carbocycles. The summed E-state index contributed by atoms with van der Waals surface area (Å²) in [6.07, 6.45) is 1.37. The van der Waals surface area contributed by atoms with Gasteiger partial charge in [0.05, 0.1) is 5.92 Å². The highest BCUT2D eigenvalue weighted by Gasteiger charge is 2.29. The zero-order valence-corrected chi connectivity index (χ0v) is 12.9. The van der Waals surface area contributed by atoms with Gasteiger partial charge in [0.15, 0.2) is 0 Å². The molecular weight excluding hydrogens is 336 g/mol. The van der Waals surface area contributed by atoms with Crippen LogP contribution in [0, 0.1) is 5.92 Å². The van der Waals surface area contributed by atoms with Gasteiger partial charge in [0.1, 0.15) is 5.69 Å². The molecule has 0 spiro atoms. The van der Waals surface area contributed by atoms with Crippen molar-refractivity contribution in [2.45, 2.75) is 12.8 Å². The van der Waals surface area contributed by atoms with Crippen molar-refractivity contribution < 1.29 is 14.7 Å². The fourth-order valence-corrected chi connectivity index (χ4v) is 3.13. The monoisotopic (exact) mass is 350 g/mol. The molecule has 21 heavy (non-hydrogen) atoms. The van der Waals surface area contributed by atoms with Crippen molar-refractivity contribution in [2.75, 3.05) is 13.1 Å². The average molecular weight is 351 g/mol. The van der Waals surface area contributed by atoms with E-state index in [-0.39, 0.29) is 12.5 Å². The van der Waals surface area contributed by atoms with E-state index < -0.39 is 11.9 Å². The van der Waals surface area contributed by atoms with Gasteiger partial charge in [-0.1, -0.05) is 15.9 Å². The number of hydrogen-bond donors (Lipinski definition) is 2. The Kier molecular flexibility index (Phi) is 3.71. The number of nitrogens with one attached hydrogen (secondary N) is 1. The molecule has 1 amide bonds. The highest BCUT2D eigenvalue weighted by molar-refractivity contribution is 9.10. The molecule has 2 N–H and O–H groups in total. The minimum Gasteiger partial charge on any atom is -0.481 e. The first-order chi connectivity index (χ1) is 10.0. The molecule has 1 aliphatic heterocycles. The van der Waals surface area contributed by atoms with Gasteiger partial charge < -0.3 is 15.0 Å². The molecule has 2 heterocycles. The first kappa shape index (κ1) is 14.1. The van der Waals surface area contributed by atoms with Gasteiger partial charge in [-0.3, -0.25) is 9.59 Å². The molecule has 1 fully saturated rings. The number of hydrogen-bond acceptors (Lipinski definition) is 2. The Labute approximate surface area is 130 Å². The molecule has 0 unspecified atom stereocenters. The third-order valence-electron chi connectivity index (χ3n) is 3.87. The number of H-pyrrole nitrogens is 1. The van der Waals surface area contributed by atoms with Crippen LogP contribution >= 0.6 is 15.9 Å². The Bertz CT molecular complexity index is 710. The molecule has 1 atom stereocenters. The van der Waals surface area contributed by atoms with E-state index in [1.54, 1.807) is 4.90 Å². The number of benzene rings is 1. The van der Waals surface area contributed by atoms with Crippen LogP contribution in [0.4, 0.5) is 0 Å². The predicted octanol–water partition coefficient (Wildman–Crippen LogP) is 2.87. The maximum absolute atomic E-state index is 12.5. The fraction of sp³-hybridized carbons (Fsp3) is 0.333. The summed E-state index contributed by atoms with van der Waals surface area (Å²) in [4.78, 5) is 28.3. The number of carbonyl (C=O) groups is 2. The van der Waals surface area contributed by atoms with E-state index >= 15 is 0 Å². The van der Waals surface area contributed by atoms with E-state index in [9.17, 15) is 9.59 Å². The minimum absolute atomic E-state index is 0.131. The van der Waals surface area contributed by atoms with Gasteiger partial charge in [-0.15, -0.1) is 0 Å². The number of aromatic amines is 1. The standard InChI is InChI=1S/C15H15BrN2O3/c16-11-3-4-12-10(6-11)7-13(17-12)14(19)18-5-1-2-9(8-18)15(20)21/h3-4,6-7,9,17H,1-2,5,8H2,(H,20,21)/t9-/m1/s1. The first-order valence-electron chi connectivity index (χ1n) is 6.85. The molecule has 110 valence electrons. The lowest BCUT2D eigenvalue weighted by Gasteiger charge is -2.30. The molecule has 1 aromatic heterocycles. The summed E-state index contributed by atoms with van der Waals surface area (Å²) in [5.41, 5.74) is 1.41. The number of aromatic nitrogens is 1. The highest BCUT2D eigenvalue weighted by Crippen LogP contribution is 2.23. The van der Waals surface area contributed by atoms with Gasteiger partial charge in [-0.05, 0) is 37.1 Å². The van der Waals surface area contributed by atoms with Crippen LogP contribution in [-0.2, 0) is 4.79 Å². The number of halogens is 1. The van der Waals surface area contributed by atoms with Gasteiger partial charge >= 0.3 is 5.97 Å². The van der Waals surface area contributed by atoms with Crippen LogP contribution in [0.2, 0.25) is 0 Å². The normalized spacial score (nSPS) is 18.9. The zero-order chi connectivity index (χ0) is 15.0. The lowest BCUT2D eigenvalue weighted by Crippen LogP contribution is -2.42. The van der Waals surface area contributed by atoms with Crippen molar-refractivity contribution in [1.29, 1.82) is 0 Å². The Morgan fingerprint density at radius 3 is 2.90 bits per heavy atom. The van der Waals surface area contributed by atoms with E-state index in [2.05, 4.69) is 20.9 Å². The van der Waals surface area contributed by atoms with E-state index in [0.717, 1.165) is 21.8 Å². The summed E-state index contributed by atoms with van der Waals surface area (Å²) in [5.74, 6) is -1.41. The smallest absolute Gasteiger partial charge is 0.308 e. The third kappa shape index (κ3) is 2.81. The fourth-order valence-electron chi connectivity index (χ4n) is 2.75.